The summed E-state index contributed by atoms with van der Waals surface area (Å²) in [5, 5.41) is 1.15. The fourth-order valence-corrected chi connectivity index (χ4v) is 2.84. The van der Waals surface area contributed by atoms with Crippen molar-refractivity contribution in [2.45, 2.75) is 0 Å². The molecule has 0 bridgehead atoms. The normalized spacial score (nSPS) is 12.0. The van der Waals surface area contributed by atoms with Crippen LogP contribution >= 0.6 is 0 Å². The maximum absolute atomic E-state index is 12.1. The van der Waals surface area contributed by atoms with Crippen LogP contribution in [0.4, 0.5) is 5.69 Å². The molecule has 0 amide bonds. The van der Waals surface area contributed by atoms with Crippen LogP contribution in [0.5, 0.6) is 0 Å². The summed E-state index contributed by atoms with van der Waals surface area (Å²) in [6.07, 6.45) is 3.08. The van der Waals surface area contributed by atoms with Crippen molar-refractivity contribution in [3.63, 3.8) is 0 Å². The minimum absolute atomic E-state index is 0.450. The van der Waals surface area contributed by atoms with E-state index in [1.54, 1.807) is 18.2 Å². The summed E-state index contributed by atoms with van der Waals surface area (Å²) in [6, 6.07) is 14.5. The molecule has 21 heavy (non-hydrogen) atoms. The Labute approximate surface area is 122 Å². The molecule has 106 valence electrons. The van der Waals surface area contributed by atoms with E-state index in [9.17, 15) is 8.42 Å². The van der Waals surface area contributed by atoms with E-state index >= 15 is 0 Å². The van der Waals surface area contributed by atoms with Crippen LogP contribution in [0.25, 0.3) is 17.1 Å². The van der Waals surface area contributed by atoms with E-state index in [2.05, 4.69) is 14.7 Å². The van der Waals surface area contributed by atoms with Crippen LogP contribution < -0.4 is 4.72 Å². The lowest BCUT2D eigenvalue weighted by Crippen LogP contribution is -2.09. The zero-order valence-corrected chi connectivity index (χ0v) is 11.8. The Hall–Kier alpha value is -2.60. The monoisotopic (exact) mass is 299 g/mol. The molecule has 0 aliphatic carbocycles. The van der Waals surface area contributed by atoms with Gasteiger partial charge in [0.05, 0.1) is 22.9 Å². The van der Waals surface area contributed by atoms with E-state index in [1.807, 2.05) is 36.4 Å². The molecule has 6 heteroatoms. The summed E-state index contributed by atoms with van der Waals surface area (Å²) >= 11 is 0. The summed E-state index contributed by atoms with van der Waals surface area (Å²) in [5.74, 6) is 0. The van der Waals surface area contributed by atoms with E-state index in [4.69, 9.17) is 0 Å². The molecule has 2 aromatic carbocycles. The summed E-state index contributed by atoms with van der Waals surface area (Å²) in [6.45, 7) is 0. The average molecular weight is 299 g/mol. The zero-order valence-electron chi connectivity index (χ0n) is 11.0. The number of hydrogen-bond acceptors (Lipinski definition) is 3. The Morgan fingerprint density at radius 3 is 2.67 bits per heavy atom. The van der Waals surface area contributed by atoms with Gasteiger partial charge in [0.1, 0.15) is 5.52 Å². The maximum atomic E-state index is 12.1. The van der Waals surface area contributed by atoms with Crippen LogP contribution in [0, 0.1) is 0 Å². The Bertz CT molecular complexity index is 883. The number of H-pyrrole nitrogens is 1. The van der Waals surface area contributed by atoms with Gasteiger partial charge in [0.15, 0.2) is 0 Å². The van der Waals surface area contributed by atoms with Crippen LogP contribution in [0.2, 0.25) is 0 Å². The zero-order chi connectivity index (χ0) is 14.7. The molecule has 3 aromatic rings. The second-order valence-corrected chi connectivity index (χ2v) is 6.03. The van der Waals surface area contributed by atoms with Crippen LogP contribution in [-0.4, -0.2) is 18.4 Å². The average Bonchev–Trinajstić information content (AvgIpc) is 2.96. The van der Waals surface area contributed by atoms with Gasteiger partial charge >= 0.3 is 0 Å². The highest BCUT2D eigenvalue weighted by Gasteiger charge is 2.09. The first kappa shape index (κ1) is 13.4. The van der Waals surface area contributed by atoms with Gasteiger partial charge in [-0.25, -0.2) is 13.4 Å². The predicted octanol–water partition coefficient (Wildman–Crippen LogP) is 2.98. The van der Waals surface area contributed by atoms with Gasteiger partial charge in [-0.05, 0) is 23.8 Å². The molecule has 5 nitrogen and oxygen atoms in total. The molecule has 1 aromatic heterocycles. The van der Waals surface area contributed by atoms with Gasteiger partial charge in [0, 0.05) is 0 Å². The van der Waals surface area contributed by atoms with Gasteiger partial charge < -0.3 is 4.98 Å². The molecule has 0 spiro atoms. The molecule has 0 radical (unpaired) electrons. The third-order valence-electron chi connectivity index (χ3n) is 2.94. The molecule has 0 atom stereocenters. The summed E-state index contributed by atoms with van der Waals surface area (Å²) in [4.78, 5) is 7.05. The number of benzene rings is 2. The molecule has 0 fully saturated rings. The number of aromatic amines is 1. The third-order valence-corrected chi connectivity index (χ3v) is 3.94. The third kappa shape index (κ3) is 3.11. The number of fused-ring (bicyclic) bond motifs is 1. The van der Waals surface area contributed by atoms with Crippen LogP contribution in [0.3, 0.4) is 0 Å². The molecule has 0 unspecified atom stereocenters. The molecule has 0 aliphatic heterocycles. The Balaban J connectivity index is 1.86. The van der Waals surface area contributed by atoms with E-state index in [1.165, 1.54) is 6.33 Å². The molecule has 0 saturated heterocycles. The van der Waals surface area contributed by atoms with Gasteiger partial charge in [-0.2, -0.15) is 0 Å². The van der Waals surface area contributed by atoms with Crippen LogP contribution in [-0.2, 0) is 10.0 Å². The SMILES string of the molecule is O=S(=O)(/C=C\c1ccccc1)Nc1cccc2[nH]cnc12. The van der Waals surface area contributed by atoms with Crippen molar-refractivity contribution in [3.05, 3.63) is 65.8 Å². The van der Waals surface area contributed by atoms with Crippen LogP contribution in [0.1, 0.15) is 5.56 Å². The van der Waals surface area contributed by atoms with Gasteiger partial charge in [-0.15, -0.1) is 0 Å². The molecule has 2 N–H and O–H groups in total. The number of sulfonamides is 1. The second kappa shape index (κ2) is 5.41. The number of para-hydroxylation sites is 1. The number of nitrogens with zero attached hydrogens (tertiary/aromatic N) is 1. The summed E-state index contributed by atoms with van der Waals surface area (Å²) in [5.41, 5.74) is 2.64. The lowest BCUT2D eigenvalue weighted by atomic mass is 10.2. The highest BCUT2D eigenvalue weighted by molar-refractivity contribution is 7.95. The van der Waals surface area contributed by atoms with E-state index in [0.29, 0.717) is 11.2 Å². The lowest BCUT2D eigenvalue weighted by molar-refractivity contribution is 0.609. The maximum Gasteiger partial charge on any atom is 0.255 e. The first-order valence-corrected chi connectivity index (χ1v) is 7.87. The number of rotatable bonds is 4. The van der Waals surface area contributed by atoms with Crippen molar-refractivity contribution in [1.82, 2.24) is 9.97 Å². The van der Waals surface area contributed by atoms with Crippen LogP contribution in [0.15, 0.2) is 60.3 Å². The molecular weight excluding hydrogens is 286 g/mol. The fraction of sp³-hybridized carbons (Fsp3) is 0. The van der Waals surface area contributed by atoms with Crippen molar-refractivity contribution in [2.75, 3.05) is 4.72 Å². The summed E-state index contributed by atoms with van der Waals surface area (Å²) in [7, 11) is -3.59. The fourth-order valence-electron chi connectivity index (χ4n) is 1.97. The Morgan fingerprint density at radius 1 is 1.05 bits per heavy atom. The Kier molecular flexibility index (Phi) is 3.45. The van der Waals surface area contributed by atoms with Crippen molar-refractivity contribution >= 4 is 32.8 Å². The highest BCUT2D eigenvalue weighted by Crippen LogP contribution is 2.21. The van der Waals surface area contributed by atoms with Gasteiger partial charge in [-0.1, -0.05) is 36.4 Å². The standard InChI is InChI=1S/C15H13N3O2S/c19-21(20,10-9-12-5-2-1-3-6-12)18-14-8-4-7-13-15(14)17-11-16-13/h1-11,18H,(H,16,17)/b10-9-. The molecule has 0 aliphatic rings. The topological polar surface area (TPSA) is 74.8 Å². The van der Waals surface area contributed by atoms with E-state index in [-0.39, 0.29) is 0 Å². The quantitative estimate of drug-likeness (QED) is 0.777. The number of hydrogen-bond donors (Lipinski definition) is 2. The number of nitrogens with one attached hydrogen (secondary N) is 2. The van der Waals surface area contributed by atoms with E-state index < -0.39 is 10.0 Å². The van der Waals surface area contributed by atoms with Crippen molar-refractivity contribution in [2.24, 2.45) is 0 Å². The first-order valence-electron chi connectivity index (χ1n) is 6.32. The largest absolute Gasteiger partial charge is 0.345 e. The van der Waals surface area contributed by atoms with E-state index in [0.717, 1.165) is 16.5 Å². The molecule has 1 heterocycles. The summed E-state index contributed by atoms with van der Waals surface area (Å²) < 4.78 is 26.7. The highest BCUT2D eigenvalue weighted by atomic mass is 32.2. The second-order valence-electron chi connectivity index (χ2n) is 4.46. The molecule has 3 rings (SSSR count). The van der Waals surface area contributed by atoms with Crippen molar-refractivity contribution in [1.29, 1.82) is 0 Å². The lowest BCUT2D eigenvalue weighted by Gasteiger charge is -2.04. The predicted molar refractivity (Wildman–Crippen MR) is 84.1 cm³/mol. The van der Waals surface area contributed by atoms with Crippen molar-refractivity contribution in [3.8, 4) is 0 Å². The van der Waals surface area contributed by atoms with Gasteiger partial charge in [0.25, 0.3) is 10.0 Å². The minimum Gasteiger partial charge on any atom is -0.345 e. The number of imidazole rings is 1. The van der Waals surface area contributed by atoms with Gasteiger partial charge in [0.2, 0.25) is 0 Å². The number of aromatic nitrogens is 2. The smallest absolute Gasteiger partial charge is 0.255 e. The minimum atomic E-state index is -3.59. The molecular formula is C15H13N3O2S. The number of anilines is 1. The first-order chi connectivity index (χ1) is 10.1. The van der Waals surface area contributed by atoms with Gasteiger partial charge in [-0.3, -0.25) is 4.72 Å². The molecule has 0 saturated carbocycles. The Morgan fingerprint density at radius 2 is 1.86 bits per heavy atom. The van der Waals surface area contributed by atoms with Crippen molar-refractivity contribution < 1.29 is 8.42 Å².